The second kappa shape index (κ2) is 8.99. The minimum absolute atomic E-state index is 0.00291. The van der Waals surface area contributed by atoms with E-state index in [1.165, 1.54) is 30.3 Å². The van der Waals surface area contributed by atoms with Gasteiger partial charge in [-0.25, -0.2) is 4.39 Å². The molecule has 0 atom stereocenters. The second-order valence-corrected chi connectivity index (χ2v) is 6.09. The zero-order valence-electron chi connectivity index (χ0n) is 15.4. The molecule has 0 aliphatic carbocycles. The minimum Gasteiger partial charge on any atom is -0.435 e. The summed E-state index contributed by atoms with van der Waals surface area (Å²) in [6.45, 7) is -2.92. The Bertz CT molecular complexity index is 1070. The van der Waals surface area contributed by atoms with Gasteiger partial charge in [0, 0.05) is 11.4 Å². The highest BCUT2D eigenvalue weighted by Gasteiger charge is 2.14. The lowest BCUT2D eigenvalue weighted by molar-refractivity contribution is -0.0498. The molecule has 0 aromatic heterocycles. The van der Waals surface area contributed by atoms with Gasteiger partial charge in [-0.2, -0.15) is 8.78 Å². The van der Waals surface area contributed by atoms with Gasteiger partial charge in [0.2, 0.25) is 0 Å². The number of halogens is 3. The molecule has 3 rings (SSSR count). The first-order valence-corrected chi connectivity index (χ1v) is 8.65. The number of carbonyl (C=O) groups is 2. The van der Waals surface area contributed by atoms with Gasteiger partial charge in [0.25, 0.3) is 11.8 Å². The van der Waals surface area contributed by atoms with Crippen molar-refractivity contribution >= 4 is 28.9 Å². The number of ether oxygens (including phenoxy) is 1. The van der Waals surface area contributed by atoms with Crippen LogP contribution in [0.4, 0.5) is 30.2 Å². The van der Waals surface area contributed by atoms with Gasteiger partial charge in [-0.05, 0) is 54.6 Å². The summed E-state index contributed by atoms with van der Waals surface area (Å²) in [5, 5.41) is 5.60. The summed E-state index contributed by atoms with van der Waals surface area (Å²) >= 11 is 0. The van der Waals surface area contributed by atoms with Crippen LogP contribution in [0, 0.1) is 5.82 Å². The van der Waals surface area contributed by atoms with Crippen LogP contribution >= 0.6 is 0 Å². The number of amides is 2. The summed E-state index contributed by atoms with van der Waals surface area (Å²) in [5.41, 5.74) is 6.21. The smallest absolute Gasteiger partial charge is 0.387 e. The number of carbonyl (C=O) groups excluding carboxylic acids is 2. The average molecular weight is 415 g/mol. The maximum absolute atomic E-state index is 13.6. The van der Waals surface area contributed by atoms with E-state index in [1.54, 1.807) is 24.3 Å². The number of anilines is 3. The van der Waals surface area contributed by atoms with Crippen LogP contribution in [0.25, 0.3) is 0 Å². The Kier molecular flexibility index (Phi) is 6.21. The monoisotopic (exact) mass is 415 g/mol. The van der Waals surface area contributed by atoms with Crippen LogP contribution in [-0.4, -0.2) is 18.4 Å². The maximum Gasteiger partial charge on any atom is 0.387 e. The number of primary amides is 1. The molecular weight excluding hydrogens is 399 g/mol. The Hall–Kier alpha value is -4.01. The van der Waals surface area contributed by atoms with Crippen molar-refractivity contribution < 1.29 is 27.5 Å². The molecule has 3 aromatic rings. The van der Waals surface area contributed by atoms with E-state index in [0.717, 1.165) is 12.1 Å². The molecule has 0 fully saturated rings. The van der Waals surface area contributed by atoms with E-state index in [0.29, 0.717) is 11.4 Å². The highest BCUT2D eigenvalue weighted by molar-refractivity contribution is 6.09. The Morgan fingerprint density at radius 2 is 1.57 bits per heavy atom. The summed E-state index contributed by atoms with van der Waals surface area (Å²) in [5.74, 6) is -2.26. The summed E-state index contributed by atoms with van der Waals surface area (Å²) < 4.78 is 42.4. The first kappa shape index (κ1) is 20.7. The van der Waals surface area contributed by atoms with Gasteiger partial charge in [-0.1, -0.05) is 12.1 Å². The van der Waals surface area contributed by atoms with Crippen molar-refractivity contribution in [2.75, 3.05) is 10.6 Å². The molecule has 0 radical (unpaired) electrons. The normalized spacial score (nSPS) is 10.5. The molecule has 9 heteroatoms. The van der Waals surface area contributed by atoms with E-state index in [1.807, 2.05) is 0 Å². The third-order valence-electron chi connectivity index (χ3n) is 4.02. The topological polar surface area (TPSA) is 93.5 Å². The van der Waals surface area contributed by atoms with Gasteiger partial charge >= 0.3 is 6.61 Å². The Labute approximate surface area is 169 Å². The van der Waals surface area contributed by atoms with E-state index < -0.39 is 24.2 Å². The first-order valence-electron chi connectivity index (χ1n) is 8.65. The van der Waals surface area contributed by atoms with Crippen LogP contribution in [0.5, 0.6) is 5.75 Å². The molecule has 0 aliphatic heterocycles. The van der Waals surface area contributed by atoms with E-state index >= 15 is 0 Å². The van der Waals surface area contributed by atoms with Crippen molar-refractivity contribution in [3.05, 3.63) is 83.7 Å². The van der Waals surface area contributed by atoms with Crippen LogP contribution in [0.2, 0.25) is 0 Å². The maximum atomic E-state index is 13.6. The molecule has 0 aliphatic rings. The molecule has 3 aromatic carbocycles. The Balaban J connectivity index is 1.78. The number of hydrogen-bond acceptors (Lipinski definition) is 4. The van der Waals surface area contributed by atoms with E-state index in [-0.39, 0.29) is 22.6 Å². The number of benzene rings is 3. The molecule has 0 spiro atoms. The SMILES string of the molecule is NC(=O)c1cc(NC(=O)c2ccccc2Nc2ccc(OC(F)F)cc2)ccc1F. The van der Waals surface area contributed by atoms with Crippen LogP contribution in [-0.2, 0) is 0 Å². The van der Waals surface area contributed by atoms with E-state index in [4.69, 9.17) is 5.73 Å². The predicted octanol–water partition coefficient (Wildman–Crippen LogP) is 4.52. The average Bonchev–Trinajstić information content (AvgIpc) is 2.70. The quantitative estimate of drug-likeness (QED) is 0.529. The number of rotatable bonds is 7. The van der Waals surface area contributed by atoms with Gasteiger partial charge in [-0.15, -0.1) is 0 Å². The van der Waals surface area contributed by atoms with Crippen LogP contribution in [0.3, 0.4) is 0 Å². The Morgan fingerprint density at radius 1 is 0.900 bits per heavy atom. The molecule has 4 N–H and O–H groups in total. The fourth-order valence-corrected chi connectivity index (χ4v) is 2.66. The third kappa shape index (κ3) is 5.07. The van der Waals surface area contributed by atoms with Crippen molar-refractivity contribution in [2.24, 2.45) is 5.73 Å². The van der Waals surface area contributed by atoms with Crippen molar-refractivity contribution in [1.82, 2.24) is 0 Å². The molecular formula is C21H16F3N3O3. The van der Waals surface area contributed by atoms with Gasteiger partial charge in [0.05, 0.1) is 16.8 Å². The second-order valence-electron chi connectivity index (χ2n) is 6.09. The van der Waals surface area contributed by atoms with E-state index in [2.05, 4.69) is 15.4 Å². The van der Waals surface area contributed by atoms with Crippen LogP contribution in [0.15, 0.2) is 66.7 Å². The lowest BCUT2D eigenvalue weighted by atomic mass is 10.1. The number of para-hydroxylation sites is 1. The standard InChI is InChI=1S/C21H16F3N3O3/c22-17-10-7-13(11-16(17)19(25)28)27-20(29)15-3-1-2-4-18(15)26-12-5-8-14(9-6-12)30-21(23)24/h1-11,21,26H,(H2,25,28)(H,27,29). The lowest BCUT2D eigenvalue weighted by Gasteiger charge is -2.13. The molecule has 154 valence electrons. The number of hydrogen-bond donors (Lipinski definition) is 3. The molecule has 0 unspecified atom stereocenters. The van der Waals surface area contributed by atoms with Crippen molar-refractivity contribution in [1.29, 1.82) is 0 Å². The molecule has 0 heterocycles. The largest absolute Gasteiger partial charge is 0.435 e. The highest BCUT2D eigenvalue weighted by atomic mass is 19.3. The number of nitrogens with two attached hydrogens (primary N) is 1. The molecule has 30 heavy (non-hydrogen) atoms. The van der Waals surface area contributed by atoms with Crippen LogP contribution in [0.1, 0.15) is 20.7 Å². The predicted molar refractivity (Wildman–Crippen MR) is 106 cm³/mol. The third-order valence-corrected chi connectivity index (χ3v) is 4.02. The molecule has 0 saturated heterocycles. The van der Waals surface area contributed by atoms with Crippen LogP contribution < -0.4 is 21.1 Å². The van der Waals surface area contributed by atoms with E-state index in [9.17, 15) is 22.8 Å². The first-order chi connectivity index (χ1) is 14.3. The van der Waals surface area contributed by atoms with Gasteiger partial charge in [0.15, 0.2) is 0 Å². The fourth-order valence-electron chi connectivity index (χ4n) is 2.66. The van der Waals surface area contributed by atoms with Crippen molar-refractivity contribution in [2.45, 2.75) is 6.61 Å². The van der Waals surface area contributed by atoms with Crippen molar-refractivity contribution in [3.8, 4) is 5.75 Å². The van der Waals surface area contributed by atoms with Gasteiger partial charge in [-0.3, -0.25) is 9.59 Å². The highest BCUT2D eigenvalue weighted by Crippen LogP contribution is 2.25. The summed E-state index contributed by atoms with van der Waals surface area (Å²) in [4.78, 5) is 24.0. The molecule has 6 nitrogen and oxygen atoms in total. The number of alkyl halides is 2. The molecule has 2 amide bonds. The fraction of sp³-hybridized carbons (Fsp3) is 0.0476. The van der Waals surface area contributed by atoms with Crippen molar-refractivity contribution in [3.63, 3.8) is 0 Å². The number of nitrogens with one attached hydrogen (secondary N) is 2. The molecule has 0 saturated carbocycles. The Morgan fingerprint density at radius 3 is 2.23 bits per heavy atom. The zero-order valence-corrected chi connectivity index (χ0v) is 15.4. The summed E-state index contributed by atoms with van der Waals surface area (Å²) in [7, 11) is 0. The molecule has 0 bridgehead atoms. The van der Waals surface area contributed by atoms with Gasteiger partial charge in [0.1, 0.15) is 11.6 Å². The minimum atomic E-state index is -2.92. The van der Waals surface area contributed by atoms with Gasteiger partial charge < -0.3 is 21.1 Å². The summed E-state index contributed by atoms with van der Waals surface area (Å²) in [6.07, 6.45) is 0. The zero-order chi connectivity index (χ0) is 21.7. The lowest BCUT2D eigenvalue weighted by Crippen LogP contribution is -2.16. The summed E-state index contributed by atoms with van der Waals surface area (Å²) in [6, 6.07) is 15.8.